The summed E-state index contributed by atoms with van der Waals surface area (Å²) in [6, 6.07) is 7.20. The maximum absolute atomic E-state index is 14.5. The van der Waals surface area contributed by atoms with Crippen LogP contribution >= 0.6 is 0 Å². The first kappa shape index (κ1) is 24.0. The molecule has 0 spiro atoms. The number of amides is 1. The number of anilines is 1. The molecule has 0 fully saturated rings. The van der Waals surface area contributed by atoms with E-state index in [0.717, 1.165) is 0 Å². The topological polar surface area (TPSA) is 123 Å². The second-order valence-electron chi connectivity index (χ2n) is 8.80. The number of aromatic hydroxyl groups is 1. The summed E-state index contributed by atoms with van der Waals surface area (Å²) >= 11 is 0. The molecule has 0 bridgehead atoms. The number of hydrogen-bond donors (Lipinski definition) is 3. The minimum atomic E-state index is -1.23. The number of phenolic OH excluding ortho intramolecular Hbond substituents is 1. The van der Waals surface area contributed by atoms with Crippen LogP contribution in [-0.4, -0.2) is 33.5 Å². The molecule has 1 aromatic carbocycles. The van der Waals surface area contributed by atoms with Crippen molar-refractivity contribution in [3.63, 3.8) is 0 Å². The number of ketones is 1. The van der Waals surface area contributed by atoms with E-state index in [1.54, 1.807) is 0 Å². The molecular weight excluding hydrogens is 401 g/mol. The normalized spacial score (nSPS) is 13.2. The summed E-state index contributed by atoms with van der Waals surface area (Å²) in [4.78, 5) is 28.7. The fourth-order valence-electron chi connectivity index (χ4n) is 2.96. The number of halogens is 1. The molecule has 31 heavy (non-hydrogen) atoms. The Kier molecular flexibility index (Phi) is 7.13. The van der Waals surface area contributed by atoms with Gasteiger partial charge in [0, 0.05) is 29.4 Å². The number of carbonyl (C=O) groups is 2. The number of aromatic nitrogens is 1. The third kappa shape index (κ3) is 6.09. The van der Waals surface area contributed by atoms with E-state index < -0.39 is 34.9 Å². The Balaban J connectivity index is 2.14. The van der Waals surface area contributed by atoms with Crippen LogP contribution in [0.5, 0.6) is 5.75 Å². The van der Waals surface area contributed by atoms with Gasteiger partial charge < -0.3 is 15.5 Å². The van der Waals surface area contributed by atoms with Gasteiger partial charge in [-0.1, -0.05) is 20.8 Å². The van der Waals surface area contributed by atoms with Crippen molar-refractivity contribution in [2.45, 2.75) is 46.0 Å². The smallest absolute Gasteiger partial charge is 0.228 e. The number of aliphatic hydroxyl groups excluding tert-OH is 1. The first-order valence-electron chi connectivity index (χ1n) is 9.71. The second kappa shape index (κ2) is 9.23. The number of nitrogens with zero attached hydrogens (tertiary/aromatic N) is 2. The van der Waals surface area contributed by atoms with E-state index in [2.05, 4.69) is 10.3 Å². The molecule has 1 amide bonds. The highest BCUT2D eigenvalue weighted by Crippen LogP contribution is 2.32. The Morgan fingerprint density at radius 1 is 1.23 bits per heavy atom. The van der Waals surface area contributed by atoms with Crippen molar-refractivity contribution in [1.82, 2.24) is 4.98 Å². The average Bonchev–Trinajstić information content (AvgIpc) is 2.69. The monoisotopic (exact) mass is 427 g/mol. The van der Waals surface area contributed by atoms with Gasteiger partial charge in [-0.2, -0.15) is 5.26 Å². The van der Waals surface area contributed by atoms with Crippen molar-refractivity contribution in [3.8, 4) is 11.8 Å². The van der Waals surface area contributed by atoms with Crippen LogP contribution in [0.2, 0.25) is 0 Å². The Morgan fingerprint density at radius 3 is 2.48 bits per heavy atom. The molecule has 3 N–H and O–H groups in total. The van der Waals surface area contributed by atoms with Crippen LogP contribution in [0, 0.1) is 22.6 Å². The standard InChI is InChI=1S/C23H26FN3O4/c1-22(2,3)16-10-17(24)14(7-19(16)29)8-21(31)27-15-5-6-26-18(9-15)20(30)11-23(4,12-25)13-28/h5-7,9-10,28-29H,8,11,13H2,1-4H3,(H,26,27,31)/t23-/m1/s1. The number of pyridine rings is 1. The average molecular weight is 427 g/mol. The van der Waals surface area contributed by atoms with E-state index in [1.807, 2.05) is 26.8 Å². The molecule has 164 valence electrons. The van der Waals surface area contributed by atoms with Crippen LogP contribution in [0.15, 0.2) is 30.5 Å². The first-order valence-corrected chi connectivity index (χ1v) is 9.71. The number of carbonyl (C=O) groups excluding carboxylic acids is 2. The van der Waals surface area contributed by atoms with Gasteiger partial charge >= 0.3 is 0 Å². The number of rotatable bonds is 7. The van der Waals surface area contributed by atoms with Gasteiger partial charge in [-0.15, -0.1) is 0 Å². The van der Waals surface area contributed by atoms with Crippen molar-refractivity contribution in [1.29, 1.82) is 5.26 Å². The summed E-state index contributed by atoms with van der Waals surface area (Å²) in [5.74, 6) is -1.67. The van der Waals surface area contributed by atoms with Crippen LogP contribution in [0.4, 0.5) is 10.1 Å². The van der Waals surface area contributed by atoms with E-state index in [-0.39, 0.29) is 35.5 Å². The van der Waals surface area contributed by atoms with Crippen LogP contribution in [0.1, 0.15) is 55.7 Å². The zero-order valence-corrected chi connectivity index (χ0v) is 18.0. The van der Waals surface area contributed by atoms with Gasteiger partial charge in [0.2, 0.25) is 5.91 Å². The lowest BCUT2D eigenvalue weighted by atomic mass is 9.85. The minimum absolute atomic E-state index is 0.0334. The summed E-state index contributed by atoms with van der Waals surface area (Å²) in [5.41, 5.74) is -0.882. The highest BCUT2D eigenvalue weighted by molar-refractivity contribution is 5.97. The highest BCUT2D eigenvalue weighted by Gasteiger charge is 2.28. The van der Waals surface area contributed by atoms with Gasteiger partial charge in [-0.05, 0) is 36.6 Å². The van der Waals surface area contributed by atoms with Crippen molar-refractivity contribution in [2.75, 3.05) is 11.9 Å². The van der Waals surface area contributed by atoms with E-state index in [9.17, 15) is 24.2 Å². The van der Waals surface area contributed by atoms with Crippen molar-refractivity contribution in [2.24, 2.45) is 5.41 Å². The number of nitriles is 1. The molecule has 0 radical (unpaired) electrons. The Labute approximate surface area is 180 Å². The lowest BCUT2D eigenvalue weighted by Crippen LogP contribution is -2.24. The zero-order valence-electron chi connectivity index (χ0n) is 18.0. The number of nitrogens with one attached hydrogen (secondary N) is 1. The maximum atomic E-state index is 14.5. The molecule has 0 aliphatic heterocycles. The molecule has 8 heteroatoms. The molecular formula is C23H26FN3O4. The van der Waals surface area contributed by atoms with Gasteiger partial charge in [0.25, 0.3) is 0 Å². The van der Waals surface area contributed by atoms with E-state index >= 15 is 0 Å². The molecule has 0 saturated carbocycles. The van der Waals surface area contributed by atoms with Gasteiger partial charge in [0.05, 0.1) is 24.5 Å². The number of aliphatic hydroxyl groups is 1. The lowest BCUT2D eigenvalue weighted by molar-refractivity contribution is -0.115. The van der Waals surface area contributed by atoms with Gasteiger partial charge in [-0.25, -0.2) is 4.39 Å². The van der Waals surface area contributed by atoms with Crippen molar-refractivity contribution in [3.05, 3.63) is 53.1 Å². The molecule has 0 saturated heterocycles. The lowest BCUT2D eigenvalue weighted by Gasteiger charge is -2.21. The predicted octanol–water partition coefficient (Wildman–Crippen LogP) is 3.50. The quantitative estimate of drug-likeness (QED) is 0.581. The van der Waals surface area contributed by atoms with Crippen molar-refractivity contribution >= 4 is 17.4 Å². The third-order valence-electron chi connectivity index (χ3n) is 4.82. The largest absolute Gasteiger partial charge is 0.508 e. The molecule has 1 atom stereocenters. The number of Topliss-reactive ketones (excluding diaryl/α,β-unsaturated/α-hetero) is 1. The Hall–Kier alpha value is -3.31. The van der Waals surface area contributed by atoms with Gasteiger partial charge in [0.1, 0.15) is 17.3 Å². The number of hydrogen-bond acceptors (Lipinski definition) is 6. The summed E-state index contributed by atoms with van der Waals surface area (Å²) in [6.07, 6.45) is 0.789. The van der Waals surface area contributed by atoms with Crippen LogP contribution in [-0.2, 0) is 16.6 Å². The first-order chi connectivity index (χ1) is 14.4. The highest BCUT2D eigenvalue weighted by atomic mass is 19.1. The molecule has 2 aromatic rings. The molecule has 1 heterocycles. The molecule has 0 aliphatic rings. The zero-order chi connectivity index (χ0) is 23.4. The molecule has 1 aromatic heterocycles. The predicted molar refractivity (Wildman–Crippen MR) is 113 cm³/mol. The summed E-state index contributed by atoms with van der Waals surface area (Å²) in [5, 5.41) is 31.2. The number of benzene rings is 1. The molecule has 0 unspecified atom stereocenters. The summed E-state index contributed by atoms with van der Waals surface area (Å²) < 4.78 is 14.5. The fraction of sp³-hybridized carbons (Fsp3) is 0.391. The maximum Gasteiger partial charge on any atom is 0.228 e. The van der Waals surface area contributed by atoms with Crippen LogP contribution < -0.4 is 5.32 Å². The second-order valence-corrected chi connectivity index (χ2v) is 8.80. The fourth-order valence-corrected chi connectivity index (χ4v) is 2.96. The van der Waals surface area contributed by atoms with E-state index in [1.165, 1.54) is 37.4 Å². The Morgan fingerprint density at radius 2 is 1.90 bits per heavy atom. The molecule has 2 rings (SSSR count). The summed E-state index contributed by atoms with van der Waals surface area (Å²) in [6.45, 7) is 6.52. The van der Waals surface area contributed by atoms with Gasteiger partial charge in [0.15, 0.2) is 5.78 Å². The third-order valence-corrected chi connectivity index (χ3v) is 4.82. The van der Waals surface area contributed by atoms with Gasteiger partial charge in [-0.3, -0.25) is 14.6 Å². The minimum Gasteiger partial charge on any atom is -0.508 e. The molecule has 7 nitrogen and oxygen atoms in total. The van der Waals surface area contributed by atoms with E-state index in [0.29, 0.717) is 5.56 Å². The van der Waals surface area contributed by atoms with Crippen LogP contribution in [0.25, 0.3) is 0 Å². The van der Waals surface area contributed by atoms with E-state index in [4.69, 9.17) is 5.26 Å². The summed E-state index contributed by atoms with van der Waals surface area (Å²) in [7, 11) is 0. The van der Waals surface area contributed by atoms with Crippen molar-refractivity contribution < 1.29 is 24.2 Å². The van der Waals surface area contributed by atoms with Crippen LogP contribution in [0.3, 0.4) is 0 Å². The number of phenols is 1. The SMILES string of the molecule is CC(C)(C)c1cc(F)c(CC(=O)Nc2ccnc(C(=O)C[C@](C)(C#N)CO)c2)cc1O. The molecule has 0 aliphatic carbocycles. The Bertz CT molecular complexity index is 1040.